The number of hydrogen-bond donors (Lipinski definition) is 2. The number of methoxy groups -OCH3 is 2. The van der Waals surface area contributed by atoms with Gasteiger partial charge in [0, 0.05) is 0 Å². The quantitative estimate of drug-likeness (QED) is 0.679. The standard InChI is InChI=1S/2C6H10O4/c1-4(6(8)9)3-5(7)10-2;1-4(3-5(7)8)6(9)10-2/h4H,3H2,1-2H3,(H,8,9);4H,3H2,1-2H3,(H,7,8). The summed E-state index contributed by atoms with van der Waals surface area (Å²) in [5, 5.41) is 16.5. The summed E-state index contributed by atoms with van der Waals surface area (Å²) >= 11 is 0. The van der Waals surface area contributed by atoms with Crippen molar-refractivity contribution in [1.29, 1.82) is 0 Å². The molecule has 0 amide bonds. The Balaban J connectivity index is 0. The first kappa shape index (κ1) is 20.2. The van der Waals surface area contributed by atoms with Crippen LogP contribution in [0.25, 0.3) is 0 Å². The van der Waals surface area contributed by atoms with Crippen LogP contribution < -0.4 is 0 Å². The maximum absolute atomic E-state index is 10.6. The Labute approximate surface area is 116 Å². The van der Waals surface area contributed by atoms with Crippen LogP contribution >= 0.6 is 0 Å². The Morgan fingerprint density at radius 1 is 0.900 bits per heavy atom. The van der Waals surface area contributed by atoms with Gasteiger partial charge < -0.3 is 19.7 Å². The van der Waals surface area contributed by atoms with E-state index in [9.17, 15) is 19.2 Å². The van der Waals surface area contributed by atoms with E-state index in [1.165, 1.54) is 28.1 Å². The lowest BCUT2D eigenvalue weighted by Crippen LogP contribution is -2.16. The zero-order valence-corrected chi connectivity index (χ0v) is 11.9. The van der Waals surface area contributed by atoms with Crippen molar-refractivity contribution < 1.29 is 38.9 Å². The van der Waals surface area contributed by atoms with Crippen molar-refractivity contribution in [3.05, 3.63) is 0 Å². The third kappa shape index (κ3) is 11.0. The molecule has 2 N–H and O–H groups in total. The highest BCUT2D eigenvalue weighted by Crippen LogP contribution is 2.03. The third-order valence-corrected chi connectivity index (χ3v) is 2.21. The summed E-state index contributed by atoms with van der Waals surface area (Å²) in [4.78, 5) is 41.2. The molecule has 20 heavy (non-hydrogen) atoms. The van der Waals surface area contributed by atoms with Crippen LogP contribution in [0.5, 0.6) is 0 Å². The summed E-state index contributed by atoms with van der Waals surface area (Å²) in [6.45, 7) is 2.97. The van der Waals surface area contributed by atoms with E-state index < -0.39 is 35.7 Å². The van der Waals surface area contributed by atoms with Crippen molar-refractivity contribution in [1.82, 2.24) is 0 Å². The molecule has 0 aliphatic heterocycles. The van der Waals surface area contributed by atoms with Crippen molar-refractivity contribution in [2.75, 3.05) is 14.2 Å². The summed E-state index contributed by atoms with van der Waals surface area (Å²) in [6, 6.07) is 0. The molecule has 0 aliphatic carbocycles. The molecule has 116 valence electrons. The monoisotopic (exact) mass is 292 g/mol. The minimum absolute atomic E-state index is 0.0637. The highest BCUT2D eigenvalue weighted by atomic mass is 16.5. The number of ether oxygens (including phenoxy) is 2. The topological polar surface area (TPSA) is 127 Å². The SMILES string of the molecule is COC(=O)C(C)CC(=O)O.COC(=O)CC(C)C(=O)O. The van der Waals surface area contributed by atoms with Gasteiger partial charge in [-0.3, -0.25) is 19.2 Å². The molecule has 0 saturated heterocycles. The molecule has 0 aromatic carbocycles. The molecule has 0 heterocycles. The fraction of sp³-hybridized carbons (Fsp3) is 0.667. The zero-order chi connectivity index (χ0) is 16.3. The van der Waals surface area contributed by atoms with Crippen LogP contribution in [0, 0.1) is 11.8 Å². The lowest BCUT2D eigenvalue weighted by molar-refractivity contribution is -0.150. The van der Waals surface area contributed by atoms with Crippen LogP contribution in [0.2, 0.25) is 0 Å². The second kappa shape index (κ2) is 10.8. The fourth-order valence-corrected chi connectivity index (χ4v) is 0.967. The molecule has 0 aliphatic rings. The number of carbonyl (C=O) groups excluding carboxylic acids is 2. The van der Waals surface area contributed by atoms with E-state index in [4.69, 9.17) is 10.2 Å². The van der Waals surface area contributed by atoms with Gasteiger partial charge in [0.15, 0.2) is 0 Å². The van der Waals surface area contributed by atoms with Crippen molar-refractivity contribution in [2.45, 2.75) is 26.7 Å². The number of carboxylic acid groups (broad SMARTS) is 2. The second-order valence-electron chi connectivity index (χ2n) is 4.04. The molecule has 0 radical (unpaired) electrons. The molecular formula is C12H20O8. The lowest BCUT2D eigenvalue weighted by Gasteiger charge is -2.03. The van der Waals surface area contributed by atoms with Gasteiger partial charge in [0.1, 0.15) is 0 Å². The number of carbonyl (C=O) groups is 4. The van der Waals surface area contributed by atoms with Gasteiger partial charge in [0.05, 0.1) is 38.9 Å². The summed E-state index contributed by atoms with van der Waals surface area (Å²) in [5.41, 5.74) is 0. The minimum atomic E-state index is -0.988. The normalized spacial score (nSPS) is 12.2. The van der Waals surface area contributed by atoms with Crippen LogP contribution in [0.1, 0.15) is 26.7 Å². The Bertz CT molecular complexity index is 349. The van der Waals surface area contributed by atoms with E-state index in [1.54, 1.807) is 0 Å². The molecular weight excluding hydrogens is 272 g/mol. The van der Waals surface area contributed by atoms with Gasteiger partial charge >= 0.3 is 23.9 Å². The van der Waals surface area contributed by atoms with Crippen LogP contribution in [0.4, 0.5) is 0 Å². The summed E-state index contributed by atoms with van der Waals surface area (Å²) < 4.78 is 8.58. The average molecular weight is 292 g/mol. The predicted molar refractivity (Wildman–Crippen MR) is 66.9 cm³/mol. The zero-order valence-electron chi connectivity index (χ0n) is 11.9. The Morgan fingerprint density at radius 2 is 1.40 bits per heavy atom. The highest BCUT2D eigenvalue weighted by Gasteiger charge is 2.16. The molecule has 0 spiro atoms. The first-order valence-corrected chi connectivity index (χ1v) is 5.74. The van der Waals surface area contributed by atoms with Crippen molar-refractivity contribution in [3.8, 4) is 0 Å². The number of aliphatic carboxylic acids is 2. The van der Waals surface area contributed by atoms with Crippen molar-refractivity contribution in [3.63, 3.8) is 0 Å². The molecule has 0 saturated carbocycles. The van der Waals surface area contributed by atoms with E-state index in [1.807, 2.05) is 0 Å². The molecule has 0 rings (SSSR count). The van der Waals surface area contributed by atoms with E-state index in [2.05, 4.69) is 9.47 Å². The summed E-state index contributed by atoms with van der Waals surface area (Å²) in [6.07, 6.45) is -0.238. The Morgan fingerprint density at radius 3 is 1.70 bits per heavy atom. The third-order valence-electron chi connectivity index (χ3n) is 2.21. The van der Waals surface area contributed by atoms with E-state index in [0.717, 1.165) is 0 Å². The highest BCUT2D eigenvalue weighted by molar-refractivity contribution is 5.78. The molecule has 0 bridgehead atoms. The van der Waals surface area contributed by atoms with Gasteiger partial charge in [-0.05, 0) is 0 Å². The Hall–Kier alpha value is -2.12. The van der Waals surface area contributed by atoms with E-state index in [0.29, 0.717) is 0 Å². The number of carboxylic acids is 2. The lowest BCUT2D eigenvalue weighted by atomic mass is 10.1. The average Bonchev–Trinajstić information content (AvgIpc) is 2.37. The van der Waals surface area contributed by atoms with Gasteiger partial charge in [0.25, 0.3) is 0 Å². The van der Waals surface area contributed by atoms with Crippen molar-refractivity contribution >= 4 is 23.9 Å². The van der Waals surface area contributed by atoms with Gasteiger partial charge in [-0.1, -0.05) is 13.8 Å². The van der Waals surface area contributed by atoms with Crippen LogP contribution in [0.3, 0.4) is 0 Å². The fourth-order valence-electron chi connectivity index (χ4n) is 0.967. The van der Waals surface area contributed by atoms with E-state index >= 15 is 0 Å². The molecule has 8 heteroatoms. The first-order valence-electron chi connectivity index (χ1n) is 5.74. The van der Waals surface area contributed by atoms with Crippen LogP contribution in [-0.2, 0) is 28.7 Å². The maximum Gasteiger partial charge on any atom is 0.308 e. The number of rotatable bonds is 6. The second-order valence-corrected chi connectivity index (χ2v) is 4.04. The summed E-state index contributed by atoms with van der Waals surface area (Å²) in [5.74, 6) is -4.16. The molecule has 2 unspecified atom stereocenters. The minimum Gasteiger partial charge on any atom is -0.481 e. The summed E-state index contributed by atoms with van der Waals surface area (Å²) in [7, 11) is 2.47. The predicted octanol–water partition coefficient (Wildman–Crippen LogP) is 0.540. The largest absolute Gasteiger partial charge is 0.481 e. The maximum atomic E-state index is 10.6. The van der Waals surface area contributed by atoms with Gasteiger partial charge in [-0.15, -0.1) is 0 Å². The Kier molecular flexibility index (Phi) is 10.9. The van der Waals surface area contributed by atoms with Gasteiger partial charge in [0.2, 0.25) is 0 Å². The smallest absolute Gasteiger partial charge is 0.308 e. The van der Waals surface area contributed by atoms with Crippen LogP contribution in [-0.4, -0.2) is 48.3 Å². The van der Waals surface area contributed by atoms with Crippen molar-refractivity contribution in [2.24, 2.45) is 11.8 Å². The van der Waals surface area contributed by atoms with Crippen LogP contribution in [0.15, 0.2) is 0 Å². The molecule has 8 nitrogen and oxygen atoms in total. The molecule has 0 aromatic rings. The van der Waals surface area contributed by atoms with Gasteiger partial charge in [-0.25, -0.2) is 0 Å². The molecule has 2 atom stereocenters. The van der Waals surface area contributed by atoms with E-state index in [-0.39, 0.29) is 12.8 Å². The number of hydrogen-bond acceptors (Lipinski definition) is 6. The number of esters is 2. The molecule has 0 fully saturated rings. The van der Waals surface area contributed by atoms with Gasteiger partial charge in [-0.2, -0.15) is 0 Å². The molecule has 0 aromatic heterocycles. The first-order chi connectivity index (χ1) is 9.15.